The SMILES string of the molecule is C=C1N=C(Br)C=NC1=O. The van der Waals surface area contributed by atoms with E-state index in [-0.39, 0.29) is 11.6 Å². The van der Waals surface area contributed by atoms with Gasteiger partial charge in [0.05, 0.1) is 6.21 Å². The van der Waals surface area contributed by atoms with E-state index in [0.717, 1.165) is 0 Å². The second-order valence-electron chi connectivity index (χ2n) is 1.44. The van der Waals surface area contributed by atoms with E-state index in [1.54, 1.807) is 0 Å². The second-order valence-corrected chi connectivity index (χ2v) is 2.26. The Morgan fingerprint density at radius 3 is 2.78 bits per heavy atom. The minimum absolute atomic E-state index is 0.171. The van der Waals surface area contributed by atoms with Crippen molar-refractivity contribution in [3.63, 3.8) is 0 Å². The zero-order valence-electron chi connectivity index (χ0n) is 4.47. The van der Waals surface area contributed by atoms with E-state index in [1.165, 1.54) is 6.21 Å². The maximum Gasteiger partial charge on any atom is 0.295 e. The lowest BCUT2D eigenvalue weighted by Crippen LogP contribution is -2.05. The van der Waals surface area contributed by atoms with Crippen molar-refractivity contribution in [2.45, 2.75) is 0 Å². The molecule has 1 rings (SSSR count). The minimum Gasteiger partial charge on any atom is -0.265 e. The van der Waals surface area contributed by atoms with Gasteiger partial charge in [0, 0.05) is 0 Å². The lowest BCUT2D eigenvalue weighted by atomic mass is 10.4. The number of aliphatic imine (C=N–C) groups is 2. The van der Waals surface area contributed by atoms with Crippen LogP contribution in [0.2, 0.25) is 0 Å². The van der Waals surface area contributed by atoms with E-state index in [4.69, 9.17) is 0 Å². The lowest BCUT2D eigenvalue weighted by molar-refractivity contribution is -0.114. The summed E-state index contributed by atoms with van der Waals surface area (Å²) in [6, 6.07) is 0. The van der Waals surface area contributed by atoms with E-state index in [9.17, 15) is 4.79 Å². The Hall–Kier alpha value is -0.770. The number of hydrogen-bond acceptors (Lipinski definition) is 2. The molecule has 46 valence electrons. The van der Waals surface area contributed by atoms with Gasteiger partial charge in [0.1, 0.15) is 10.3 Å². The topological polar surface area (TPSA) is 41.8 Å². The molecule has 9 heavy (non-hydrogen) atoms. The number of halogens is 1. The van der Waals surface area contributed by atoms with Crippen LogP contribution < -0.4 is 0 Å². The molecule has 0 aromatic rings. The third-order valence-corrected chi connectivity index (χ3v) is 1.16. The van der Waals surface area contributed by atoms with Crippen LogP contribution in [0.25, 0.3) is 0 Å². The summed E-state index contributed by atoms with van der Waals surface area (Å²) in [6.45, 7) is 3.36. The summed E-state index contributed by atoms with van der Waals surface area (Å²) in [7, 11) is 0. The molecule has 0 bridgehead atoms. The van der Waals surface area contributed by atoms with Crippen LogP contribution in [0.1, 0.15) is 0 Å². The molecule has 1 aliphatic heterocycles. The highest BCUT2D eigenvalue weighted by atomic mass is 79.9. The zero-order valence-corrected chi connectivity index (χ0v) is 6.05. The molecule has 0 saturated carbocycles. The molecule has 1 heterocycles. The molecule has 0 saturated heterocycles. The Balaban J connectivity index is 2.95. The van der Waals surface area contributed by atoms with Crippen molar-refractivity contribution >= 4 is 32.7 Å². The van der Waals surface area contributed by atoms with Crippen molar-refractivity contribution in [1.82, 2.24) is 0 Å². The molecule has 1 amide bonds. The van der Waals surface area contributed by atoms with Gasteiger partial charge in [-0.1, -0.05) is 6.58 Å². The van der Waals surface area contributed by atoms with Gasteiger partial charge in [-0.05, 0) is 15.9 Å². The number of carbonyl (C=O) groups is 1. The average Bonchev–Trinajstić information content (AvgIpc) is 1.80. The maximum absolute atomic E-state index is 10.5. The average molecular weight is 187 g/mol. The van der Waals surface area contributed by atoms with Gasteiger partial charge in [-0.25, -0.2) is 9.98 Å². The van der Waals surface area contributed by atoms with Gasteiger partial charge in [-0.3, -0.25) is 4.79 Å². The standard InChI is InChI=1S/C5H3BrN2O/c1-3-5(9)7-2-4(6)8-3/h2H,1H2. The van der Waals surface area contributed by atoms with Crippen molar-refractivity contribution in [1.29, 1.82) is 0 Å². The zero-order chi connectivity index (χ0) is 6.85. The molecule has 0 fully saturated rings. The molecule has 4 heteroatoms. The van der Waals surface area contributed by atoms with Gasteiger partial charge < -0.3 is 0 Å². The quantitative estimate of drug-likeness (QED) is 0.519. The molecule has 0 aromatic carbocycles. The van der Waals surface area contributed by atoms with E-state index < -0.39 is 0 Å². The van der Waals surface area contributed by atoms with Crippen molar-refractivity contribution in [2.24, 2.45) is 9.98 Å². The number of nitrogens with zero attached hydrogens (tertiary/aromatic N) is 2. The van der Waals surface area contributed by atoms with E-state index >= 15 is 0 Å². The van der Waals surface area contributed by atoms with Crippen LogP contribution in [0.4, 0.5) is 0 Å². The predicted molar refractivity (Wildman–Crippen MR) is 39.0 cm³/mol. The van der Waals surface area contributed by atoms with E-state index in [0.29, 0.717) is 4.62 Å². The summed E-state index contributed by atoms with van der Waals surface area (Å²) in [5.74, 6) is -0.377. The lowest BCUT2D eigenvalue weighted by Gasteiger charge is -1.97. The summed E-state index contributed by atoms with van der Waals surface area (Å²) < 4.78 is 0.534. The first-order chi connectivity index (χ1) is 4.20. The Morgan fingerprint density at radius 2 is 2.33 bits per heavy atom. The molecule has 0 spiro atoms. The molecular formula is C5H3BrN2O. The molecule has 3 nitrogen and oxygen atoms in total. The Kier molecular flexibility index (Phi) is 1.57. The summed E-state index contributed by atoms with van der Waals surface area (Å²) >= 11 is 3.04. The Morgan fingerprint density at radius 1 is 1.67 bits per heavy atom. The molecule has 0 unspecified atom stereocenters. The largest absolute Gasteiger partial charge is 0.295 e. The van der Waals surface area contributed by atoms with Gasteiger partial charge in [0.25, 0.3) is 5.91 Å². The normalized spacial score (nSPS) is 18.1. The molecule has 0 N–H and O–H groups in total. The minimum atomic E-state index is -0.377. The van der Waals surface area contributed by atoms with Crippen molar-refractivity contribution < 1.29 is 4.79 Å². The molecule has 0 aliphatic carbocycles. The van der Waals surface area contributed by atoms with E-state index in [2.05, 4.69) is 32.5 Å². The molecular weight excluding hydrogens is 184 g/mol. The van der Waals surface area contributed by atoms with Gasteiger partial charge in [0.2, 0.25) is 0 Å². The van der Waals surface area contributed by atoms with Crippen LogP contribution >= 0.6 is 15.9 Å². The summed E-state index contributed by atoms with van der Waals surface area (Å²) in [5.41, 5.74) is 0.171. The summed E-state index contributed by atoms with van der Waals surface area (Å²) in [5, 5.41) is 0. The first kappa shape index (κ1) is 6.35. The van der Waals surface area contributed by atoms with Crippen LogP contribution in [0.3, 0.4) is 0 Å². The highest BCUT2D eigenvalue weighted by molar-refractivity contribution is 9.19. The highest BCUT2D eigenvalue weighted by Crippen LogP contribution is 2.04. The molecule has 0 aromatic heterocycles. The monoisotopic (exact) mass is 186 g/mol. The van der Waals surface area contributed by atoms with Crippen LogP contribution in [0.15, 0.2) is 22.3 Å². The van der Waals surface area contributed by atoms with Crippen LogP contribution in [-0.2, 0) is 4.79 Å². The van der Waals surface area contributed by atoms with Crippen LogP contribution in [0, 0.1) is 0 Å². The van der Waals surface area contributed by atoms with Gasteiger partial charge in [-0.15, -0.1) is 0 Å². The van der Waals surface area contributed by atoms with Crippen molar-refractivity contribution in [3.8, 4) is 0 Å². The third-order valence-electron chi connectivity index (χ3n) is 0.777. The predicted octanol–water partition coefficient (Wildman–Crippen LogP) is 0.905. The molecule has 1 aliphatic rings. The number of hydrogen-bond donors (Lipinski definition) is 0. The van der Waals surface area contributed by atoms with Gasteiger partial charge >= 0.3 is 0 Å². The molecule has 0 radical (unpaired) electrons. The highest BCUT2D eigenvalue weighted by Gasteiger charge is 2.07. The Bertz CT molecular complexity index is 229. The van der Waals surface area contributed by atoms with Gasteiger partial charge in [-0.2, -0.15) is 0 Å². The molecule has 0 atom stereocenters. The first-order valence-corrected chi connectivity index (χ1v) is 3.01. The number of carbonyl (C=O) groups excluding carboxylic acids is 1. The number of rotatable bonds is 0. The first-order valence-electron chi connectivity index (χ1n) is 2.21. The summed E-state index contributed by atoms with van der Waals surface area (Å²) in [4.78, 5) is 17.7. The fraction of sp³-hybridized carbons (Fsp3) is 0. The van der Waals surface area contributed by atoms with Crippen molar-refractivity contribution in [2.75, 3.05) is 0 Å². The second kappa shape index (κ2) is 2.23. The third kappa shape index (κ3) is 1.32. The Labute approximate surface area is 60.3 Å². The summed E-state index contributed by atoms with van der Waals surface area (Å²) in [6.07, 6.45) is 1.34. The smallest absolute Gasteiger partial charge is 0.265 e. The fourth-order valence-corrected chi connectivity index (χ4v) is 0.708. The van der Waals surface area contributed by atoms with Crippen molar-refractivity contribution in [3.05, 3.63) is 12.3 Å². The fourth-order valence-electron chi connectivity index (χ4n) is 0.392. The van der Waals surface area contributed by atoms with E-state index in [1.807, 2.05) is 0 Å². The maximum atomic E-state index is 10.5. The van der Waals surface area contributed by atoms with Crippen LogP contribution in [0.5, 0.6) is 0 Å². The van der Waals surface area contributed by atoms with Crippen LogP contribution in [-0.4, -0.2) is 16.7 Å². The van der Waals surface area contributed by atoms with Gasteiger partial charge in [0.15, 0.2) is 0 Å². The number of amides is 1.